The highest BCUT2D eigenvalue weighted by Gasteiger charge is 2.18. The van der Waals surface area contributed by atoms with E-state index in [1.807, 2.05) is 37.3 Å². The van der Waals surface area contributed by atoms with Crippen molar-refractivity contribution in [2.24, 2.45) is 0 Å². The highest BCUT2D eigenvalue weighted by atomic mass is 16.6. The molecule has 14 heteroatoms. The van der Waals surface area contributed by atoms with Gasteiger partial charge in [0.05, 0.1) is 43.6 Å². The highest BCUT2D eigenvalue weighted by molar-refractivity contribution is 5.94. The fourth-order valence-electron chi connectivity index (χ4n) is 6.70. The number of hydrogen-bond donors (Lipinski definition) is 1. The maximum atomic E-state index is 12.3. The number of nitrogens with zero attached hydrogens (tertiary/aromatic N) is 1. The van der Waals surface area contributed by atoms with Crippen molar-refractivity contribution in [2.75, 3.05) is 34.0 Å². The lowest BCUT2D eigenvalue weighted by molar-refractivity contribution is -0.134. The Morgan fingerprint density at radius 1 is 0.551 bits per heavy atom. The minimum atomic E-state index is -0.685. The fourth-order valence-corrected chi connectivity index (χ4v) is 6.70. The summed E-state index contributed by atoms with van der Waals surface area (Å²) in [6.07, 6.45) is 6.69. The zero-order valence-corrected chi connectivity index (χ0v) is 39.0. The Labute approximate surface area is 401 Å². The third kappa shape index (κ3) is 16.9. The van der Waals surface area contributed by atoms with Gasteiger partial charge in [-0.3, -0.25) is 4.79 Å². The molecule has 1 saturated carbocycles. The van der Waals surface area contributed by atoms with Crippen molar-refractivity contribution in [1.82, 2.24) is 0 Å². The molecule has 1 aliphatic carbocycles. The van der Waals surface area contributed by atoms with E-state index < -0.39 is 17.9 Å². The highest BCUT2D eigenvalue weighted by Crippen LogP contribution is 2.33. The Morgan fingerprint density at radius 2 is 1.01 bits per heavy atom. The number of phenols is 1. The van der Waals surface area contributed by atoms with Gasteiger partial charge in [0.25, 0.3) is 0 Å². The smallest absolute Gasteiger partial charge is 0.347 e. The zero-order valence-electron chi connectivity index (χ0n) is 39.0. The predicted molar refractivity (Wildman–Crippen MR) is 257 cm³/mol. The number of rotatable bonds is 16. The van der Waals surface area contributed by atoms with E-state index in [0.717, 1.165) is 0 Å². The van der Waals surface area contributed by atoms with Crippen LogP contribution < -0.4 is 33.2 Å². The number of aromatic hydroxyl groups is 1. The summed E-state index contributed by atoms with van der Waals surface area (Å²) in [6.45, 7) is 5.37. The van der Waals surface area contributed by atoms with Crippen LogP contribution in [-0.2, 0) is 9.53 Å². The van der Waals surface area contributed by atoms with Crippen LogP contribution in [0.15, 0.2) is 140 Å². The van der Waals surface area contributed by atoms with E-state index >= 15 is 0 Å². The molecule has 0 amide bonds. The van der Waals surface area contributed by atoms with Crippen LogP contribution in [-0.4, -0.2) is 63.0 Å². The number of carbonyl (C=O) groups excluding carboxylic acids is 4. The average Bonchev–Trinajstić information content (AvgIpc) is 3.39. The third-order valence-corrected chi connectivity index (χ3v) is 10.5. The molecule has 0 saturated heterocycles. The second-order valence-corrected chi connectivity index (χ2v) is 15.2. The molecule has 1 N–H and O–H groups in total. The molecule has 0 atom stereocenters. The van der Waals surface area contributed by atoms with Gasteiger partial charge in [-0.2, -0.15) is 5.26 Å². The van der Waals surface area contributed by atoms with Gasteiger partial charge in [0.1, 0.15) is 58.2 Å². The Bertz CT molecular complexity index is 2600. The molecule has 1 aliphatic rings. The zero-order chi connectivity index (χ0) is 49.4. The lowest BCUT2D eigenvalue weighted by atomic mass is 9.84. The van der Waals surface area contributed by atoms with Crippen LogP contribution in [0, 0.1) is 11.3 Å². The Balaban J connectivity index is 0.000000195. The van der Waals surface area contributed by atoms with Crippen molar-refractivity contribution in [3.05, 3.63) is 167 Å². The van der Waals surface area contributed by atoms with Crippen LogP contribution in [0.1, 0.15) is 100 Å². The van der Waals surface area contributed by atoms with Crippen molar-refractivity contribution in [3.63, 3.8) is 0 Å². The predicted octanol–water partition coefficient (Wildman–Crippen LogP) is 11.1. The average molecular weight is 938 g/mol. The molecule has 0 unspecified atom stereocenters. The second kappa shape index (κ2) is 27.5. The first-order chi connectivity index (χ1) is 33.5. The molecular formula is C55H55NO13. The molecule has 7 rings (SSSR count). The SMILES string of the molecule is CCC(=O)Oc1ccc(OC(=O)c2ccc(C3CCCCC3)cc2)cc1.CCOCCOc1ccc(OC(=O)c2ccc(OC)cc2)cc1.COc1ccc(C(=O)Oc2ccc(C#N)cc2)c(O)c1. The summed E-state index contributed by atoms with van der Waals surface area (Å²) in [5, 5.41) is 18.4. The number of methoxy groups -OCH3 is 2. The van der Waals surface area contributed by atoms with Gasteiger partial charge in [0.2, 0.25) is 0 Å². The number of ether oxygens (including phenoxy) is 8. The van der Waals surface area contributed by atoms with Crippen molar-refractivity contribution in [3.8, 4) is 52.1 Å². The topological polar surface area (TPSA) is 186 Å². The van der Waals surface area contributed by atoms with E-state index in [2.05, 4.69) is 0 Å². The molecule has 69 heavy (non-hydrogen) atoms. The van der Waals surface area contributed by atoms with Gasteiger partial charge in [-0.1, -0.05) is 38.3 Å². The number of hydrogen-bond acceptors (Lipinski definition) is 14. The fraction of sp³-hybridized carbons (Fsp3) is 0.255. The van der Waals surface area contributed by atoms with Crippen LogP contribution >= 0.6 is 0 Å². The molecule has 0 spiro atoms. The summed E-state index contributed by atoms with van der Waals surface area (Å²) in [5.74, 6) is 2.05. The monoisotopic (exact) mass is 937 g/mol. The first kappa shape index (κ1) is 51.8. The van der Waals surface area contributed by atoms with Crippen molar-refractivity contribution in [2.45, 2.75) is 58.3 Å². The molecule has 1 fully saturated rings. The summed E-state index contributed by atoms with van der Waals surface area (Å²) in [5.41, 5.74) is 2.81. The molecule has 0 radical (unpaired) electrons. The molecule has 14 nitrogen and oxygen atoms in total. The molecule has 0 aliphatic heterocycles. The molecule has 6 aromatic carbocycles. The Hall–Kier alpha value is -8.15. The number of benzene rings is 6. The standard InChI is InChI=1S/C22H24O4.C18H20O5.C15H11NO4/c1-2-21(23)25-19-12-14-20(15-13-19)26-22(24)18-10-8-17(9-11-18)16-6-4-3-5-7-16;1-3-21-12-13-22-16-8-10-17(11-9-16)23-18(19)14-4-6-15(20-2)7-5-14;1-19-12-6-7-13(14(17)8-12)15(18)20-11-4-2-10(9-16)3-5-11/h8-16H,2-7H2,1H3;4-11H,3,12-13H2,1-2H3;2-8,17H,1H3. The molecule has 0 aromatic heterocycles. The minimum Gasteiger partial charge on any atom is -0.507 e. The largest absolute Gasteiger partial charge is 0.507 e. The lowest BCUT2D eigenvalue weighted by Gasteiger charge is -2.21. The van der Waals surface area contributed by atoms with Gasteiger partial charge >= 0.3 is 23.9 Å². The van der Waals surface area contributed by atoms with E-state index in [4.69, 9.17) is 43.2 Å². The number of phenolic OH excluding ortho intramolecular Hbond substituents is 1. The van der Waals surface area contributed by atoms with Gasteiger partial charge in [-0.15, -0.1) is 0 Å². The molecule has 0 bridgehead atoms. The van der Waals surface area contributed by atoms with Crippen molar-refractivity contribution >= 4 is 23.9 Å². The normalized spacial score (nSPS) is 11.7. The van der Waals surface area contributed by atoms with Crippen molar-refractivity contribution < 1.29 is 62.2 Å². The van der Waals surface area contributed by atoms with E-state index in [9.17, 15) is 24.3 Å². The first-order valence-electron chi connectivity index (χ1n) is 22.4. The first-order valence-corrected chi connectivity index (χ1v) is 22.4. The van der Waals surface area contributed by atoms with Gasteiger partial charge < -0.3 is 43.0 Å². The van der Waals surface area contributed by atoms with Crippen LogP contribution in [0.2, 0.25) is 0 Å². The van der Waals surface area contributed by atoms with E-state index in [1.54, 1.807) is 92.9 Å². The number of carbonyl (C=O) groups is 4. The second-order valence-electron chi connectivity index (χ2n) is 15.2. The molecule has 0 heterocycles. The van der Waals surface area contributed by atoms with Crippen molar-refractivity contribution in [1.29, 1.82) is 5.26 Å². The maximum absolute atomic E-state index is 12.3. The van der Waals surface area contributed by atoms with Crippen LogP contribution in [0.4, 0.5) is 0 Å². The van der Waals surface area contributed by atoms with Crippen LogP contribution in [0.5, 0.6) is 46.0 Å². The van der Waals surface area contributed by atoms with Gasteiger partial charge in [0, 0.05) is 19.1 Å². The van der Waals surface area contributed by atoms with Gasteiger partial charge in [0.15, 0.2) is 0 Å². The summed E-state index contributed by atoms with van der Waals surface area (Å²) < 4.78 is 41.6. The quantitative estimate of drug-likeness (QED) is 0.0548. The maximum Gasteiger partial charge on any atom is 0.347 e. The summed E-state index contributed by atoms with van der Waals surface area (Å²) in [6, 6.07) is 40.2. The Morgan fingerprint density at radius 3 is 1.51 bits per heavy atom. The summed E-state index contributed by atoms with van der Waals surface area (Å²) in [4.78, 5) is 47.5. The van der Waals surface area contributed by atoms with E-state index in [-0.39, 0.29) is 17.3 Å². The van der Waals surface area contributed by atoms with Gasteiger partial charge in [-0.05, 0) is 153 Å². The minimum absolute atomic E-state index is 0.0372. The Kier molecular flexibility index (Phi) is 20.6. The summed E-state index contributed by atoms with van der Waals surface area (Å²) >= 11 is 0. The van der Waals surface area contributed by atoms with Crippen LogP contribution in [0.25, 0.3) is 0 Å². The molecule has 6 aromatic rings. The number of esters is 4. The third-order valence-electron chi connectivity index (χ3n) is 10.5. The number of nitriles is 1. The lowest BCUT2D eigenvalue weighted by Crippen LogP contribution is -2.10. The summed E-state index contributed by atoms with van der Waals surface area (Å²) in [7, 11) is 3.04. The van der Waals surface area contributed by atoms with Gasteiger partial charge in [-0.25, -0.2) is 14.4 Å². The van der Waals surface area contributed by atoms with E-state index in [1.165, 1.54) is 81.2 Å². The van der Waals surface area contributed by atoms with E-state index in [0.29, 0.717) is 89.1 Å². The molecule has 358 valence electrons. The molecular weight excluding hydrogens is 883 g/mol. The van der Waals surface area contributed by atoms with Crippen LogP contribution in [0.3, 0.4) is 0 Å².